The normalized spacial score (nSPS) is 31.2. The summed E-state index contributed by atoms with van der Waals surface area (Å²) < 4.78 is 66.5. The minimum Gasteiger partial charge on any atom is -0.409 e. The predicted octanol–water partition coefficient (Wildman–Crippen LogP) is 7.28. The summed E-state index contributed by atoms with van der Waals surface area (Å²) in [6, 6.07) is 0. The first-order valence-electron chi connectivity index (χ1n) is 18.9. The van der Waals surface area contributed by atoms with Crippen LogP contribution in [-0.2, 0) is 51.2 Å². The number of hydrogen-bond donors (Lipinski definition) is 0. The van der Waals surface area contributed by atoms with Crippen LogP contribution in [-0.4, -0.2) is 131 Å². The maximum absolute atomic E-state index is 12.8. The highest BCUT2D eigenvalue weighted by Gasteiger charge is 2.56. The number of halogens is 1. The van der Waals surface area contributed by atoms with E-state index in [0.717, 1.165) is 44.8 Å². The van der Waals surface area contributed by atoms with E-state index in [1.807, 2.05) is 0 Å². The Kier molecular flexibility index (Phi) is 21.1. The summed E-state index contributed by atoms with van der Waals surface area (Å²) in [6.45, 7) is 27.9. The third-order valence-electron chi connectivity index (χ3n) is 7.92. The third-order valence-corrected chi connectivity index (χ3v) is 11.2. The van der Waals surface area contributed by atoms with Crippen molar-refractivity contribution >= 4 is 47.2 Å². The fourth-order valence-electron chi connectivity index (χ4n) is 5.84. The zero-order chi connectivity index (χ0) is 37.5. The Labute approximate surface area is 315 Å². The molecule has 50 heavy (non-hydrogen) atoms. The van der Waals surface area contributed by atoms with Crippen LogP contribution in [0.15, 0.2) is 0 Å². The number of rotatable bonds is 25. The number of carbonyl (C=O) groups is 1. The number of alkyl halides is 1. The average molecular weight is 832 g/mol. The van der Waals surface area contributed by atoms with Gasteiger partial charge in [-0.2, -0.15) is 0 Å². The van der Waals surface area contributed by atoms with Crippen molar-refractivity contribution in [2.75, 3.05) is 38.4 Å². The van der Waals surface area contributed by atoms with E-state index >= 15 is 0 Å². The second-order valence-corrected chi connectivity index (χ2v) is 30.4. The Hall–Kier alpha value is 0.401. The summed E-state index contributed by atoms with van der Waals surface area (Å²) in [5.41, 5.74) is 0. The molecule has 0 aromatic heterocycles. The van der Waals surface area contributed by atoms with Gasteiger partial charge in [0.1, 0.15) is 48.8 Å². The van der Waals surface area contributed by atoms with E-state index in [1.165, 1.54) is 0 Å². The first-order chi connectivity index (χ1) is 23.5. The van der Waals surface area contributed by atoms with Gasteiger partial charge < -0.3 is 51.2 Å². The molecule has 0 N–H and O–H groups in total. The molecule has 2 fully saturated rings. The molecule has 0 bridgehead atoms. The van der Waals surface area contributed by atoms with Crippen molar-refractivity contribution in [3.63, 3.8) is 0 Å². The Morgan fingerprint density at radius 3 is 1.62 bits per heavy atom. The molecule has 2 aliphatic rings. The van der Waals surface area contributed by atoms with Gasteiger partial charge in [-0.25, -0.2) is 0 Å². The van der Waals surface area contributed by atoms with E-state index < -0.39 is 86.4 Å². The molecule has 296 valence electrons. The highest BCUT2D eigenvalue weighted by Crippen LogP contribution is 2.37. The van der Waals surface area contributed by atoms with Gasteiger partial charge in [0.25, 0.3) is 0 Å². The van der Waals surface area contributed by atoms with Crippen LogP contribution >= 0.6 is 15.9 Å². The lowest BCUT2D eigenvalue weighted by atomic mass is 9.96. The summed E-state index contributed by atoms with van der Waals surface area (Å²) in [4.78, 5) is 12.8. The molecular formula is C35H71BrO11Si3. The number of ether oxygens (including phenoxy) is 7. The maximum Gasteiger partial charge on any atom is 0.187 e. The molecule has 0 aliphatic carbocycles. The summed E-state index contributed by atoms with van der Waals surface area (Å²) in [5, 5.41) is 0.603. The zero-order valence-electron chi connectivity index (χ0n) is 33.2. The van der Waals surface area contributed by atoms with Gasteiger partial charge in [0.2, 0.25) is 0 Å². The van der Waals surface area contributed by atoms with E-state index in [-0.39, 0.29) is 0 Å². The predicted molar refractivity (Wildman–Crippen MR) is 208 cm³/mol. The van der Waals surface area contributed by atoms with Crippen molar-refractivity contribution < 1.29 is 51.2 Å². The summed E-state index contributed by atoms with van der Waals surface area (Å²) in [6.07, 6.45) is -0.495. The molecule has 11 nitrogen and oxygen atoms in total. The van der Waals surface area contributed by atoms with Gasteiger partial charge in [-0.1, -0.05) is 56.0 Å². The van der Waals surface area contributed by atoms with E-state index in [0.29, 0.717) is 38.4 Å². The van der Waals surface area contributed by atoms with Crippen LogP contribution < -0.4 is 0 Å². The van der Waals surface area contributed by atoms with Crippen molar-refractivity contribution in [3.05, 3.63) is 0 Å². The van der Waals surface area contributed by atoms with Crippen molar-refractivity contribution in [2.24, 2.45) is 0 Å². The molecule has 0 radical (unpaired) electrons. The number of carbonyl (C=O) groups excluding carboxylic acids is 1. The molecule has 2 heterocycles. The van der Waals surface area contributed by atoms with Crippen molar-refractivity contribution in [2.45, 2.75) is 180 Å². The molecule has 15 heteroatoms. The minimum atomic E-state index is -2.24. The summed E-state index contributed by atoms with van der Waals surface area (Å²) >= 11 is 3.51. The highest BCUT2D eigenvalue weighted by molar-refractivity contribution is 9.09. The van der Waals surface area contributed by atoms with Crippen LogP contribution in [0.25, 0.3) is 0 Å². The topological polar surface area (TPSA) is 109 Å². The molecule has 2 rings (SSSR count). The Bertz CT molecular complexity index is 933. The van der Waals surface area contributed by atoms with Gasteiger partial charge in [-0.15, -0.1) is 0 Å². The summed E-state index contributed by atoms with van der Waals surface area (Å²) in [7, 11) is -6.59. The summed E-state index contributed by atoms with van der Waals surface area (Å²) in [5.74, 6) is 0. The number of aldehydes is 1. The molecule has 0 saturated carbocycles. The smallest absolute Gasteiger partial charge is 0.187 e. The van der Waals surface area contributed by atoms with Crippen LogP contribution in [0.3, 0.4) is 0 Å². The van der Waals surface area contributed by atoms with Crippen molar-refractivity contribution in [1.29, 1.82) is 0 Å². The fourth-order valence-corrected chi connectivity index (χ4v) is 9.26. The third kappa shape index (κ3) is 16.4. The molecule has 2 saturated heterocycles. The SMILES string of the molecule is CCCCOCC1O[C@H](OCCBr)[C@H](O[C@H]2OC(C=O)[C@@H](O[Si](C)(C)C)C(O[Si](C)(C)C)[C@H]2O[Si](C)(C)C)C(OCCCC)[C@@H]1OCCCC. The number of hydrogen-bond acceptors (Lipinski definition) is 11. The van der Waals surface area contributed by atoms with Gasteiger partial charge in [0.15, 0.2) is 43.8 Å². The Balaban J connectivity index is 2.67. The Morgan fingerprint density at radius 1 is 0.580 bits per heavy atom. The lowest BCUT2D eigenvalue weighted by Gasteiger charge is -2.52. The molecule has 0 amide bonds. The van der Waals surface area contributed by atoms with Crippen LogP contribution in [0.4, 0.5) is 0 Å². The number of unbranched alkanes of at least 4 members (excludes halogenated alkanes) is 3. The molecule has 0 aromatic carbocycles. The van der Waals surface area contributed by atoms with Gasteiger partial charge in [-0.3, -0.25) is 0 Å². The van der Waals surface area contributed by atoms with Crippen LogP contribution in [0, 0.1) is 0 Å². The van der Waals surface area contributed by atoms with Gasteiger partial charge in [0.05, 0.1) is 13.2 Å². The van der Waals surface area contributed by atoms with Crippen molar-refractivity contribution in [3.8, 4) is 0 Å². The van der Waals surface area contributed by atoms with Crippen LogP contribution in [0.5, 0.6) is 0 Å². The quantitative estimate of drug-likeness (QED) is 0.0401. The molecular weight excluding hydrogens is 761 g/mol. The minimum absolute atomic E-state index is 0.335. The zero-order valence-corrected chi connectivity index (χ0v) is 37.8. The first kappa shape index (κ1) is 46.6. The van der Waals surface area contributed by atoms with E-state index in [2.05, 4.69) is 95.6 Å². The van der Waals surface area contributed by atoms with Crippen LogP contribution in [0.2, 0.25) is 58.9 Å². The van der Waals surface area contributed by atoms with E-state index in [4.69, 9.17) is 46.4 Å². The van der Waals surface area contributed by atoms with Gasteiger partial charge in [-0.05, 0) is 78.2 Å². The average Bonchev–Trinajstić information content (AvgIpc) is 3.01. The lowest BCUT2D eigenvalue weighted by molar-refractivity contribution is -0.365. The molecule has 0 spiro atoms. The second-order valence-electron chi connectivity index (χ2n) is 16.2. The Morgan fingerprint density at radius 2 is 1.10 bits per heavy atom. The monoisotopic (exact) mass is 830 g/mol. The molecule has 10 atom stereocenters. The molecule has 2 aliphatic heterocycles. The standard InChI is InChI=1S/C35H71BrO11Si3/c1-13-16-20-38-25-27-28(39-21-17-14-2)30(40-22-18-15-3)32(34(43-27)41-23-19-36)44-35-33(47-50(10,11)12)31(46-49(7,8)9)29(26(24-37)42-35)45-48(4,5)6/h24,26-35H,13-23,25H2,1-12H3/t26?,27?,28-,29-,30?,31?,32-,33-,34+,35-/m1/s1. The lowest BCUT2D eigenvalue weighted by Crippen LogP contribution is -2.68. The van der Waals surface area contributed by atoms with E-state index in [1.54, 1.807) is 0 Å². The van der Waals surface area contributed by atoms with E-state index in [9.17, 15) is 4.79 Å². The molecule has 0 aromatic rings. The van der Waals surface area contributed by atoms with Crippen molar-refractivity contribution in [1.82, 2.24) is 0 Å². The van der Waals surface area contributed by atoms with Crippen LogP contribution in [0.1, 0.15) is 59.3 Å². The second kappa shape index (κ2) is 22.7. The van der Waals surface area contributed by atoms with Gasteiger partial charge in [0, 0.05) is 25.2 Å². The largest absolute Gasteiger partial charge is 0.409 e. The maximum atomic E-state index is 12.8. The first-order valence-corrected chi connectivity index (χ1v) is 30.3. The highest BCUT2D eigenvalue weighted by atomic mass is 79.9. The fraction of sp³-hybridized carbons (Fsp3) is 0.971. The molecule has 4 unspecified atom stereocenters. The van der Waals surface area contributed by atoms with Gasteiger partial charge >= 0.3 is 0 Å².